The van der Waals surface area contributed by atoms with E-state index in [9.17, 15) is 18.0 Å². The molecule has 216 valence electrons. The lowest BCUT2D eigenvalue weighted by Crippen LogP contribution is -2.46. The zero-order valence-corrected chi connectivity index (χ0v) is 23.4. The number of hydrazine groups is 1. The summed E-state index contributed by atoms with van der Waals surface area (Å²) in [7, 11) is 2.00. The minimum Gasteiger partial charge on any atom is -0.369 e. The Labute approximate surface area is 238 Å². The third-order valence-corrected chi connectivity index (χ3v) is 7.71. The van der Waals surface area contributed by atoms with Gasteiger partial charge in [-0.05, 0) is 72.6 Å². The van der Waals surface area contributed by atoms with E-state index in [1.165, 1.54) is 30.3 Å². The number of likely N-dealkylation sites (N-methyl/N-ethyl adjacent to an activating group) is 2. The van der Waals surface area contributed by atoms with E-state index >= 15 is 0 Å². The molecule has 2 heterocycles. The predicted molar refractivity (Wildman–Crippen MR) is 158 cm³/mol. The standard InChI is InChI=1S/C31H35F3N6O/c1-4-39-15-17-40(18-16-39)26-13-8-23(9-14-26)29-20-28(37-38(29)3)22-6-11-24(12-7-22)35-30(41)36-25-10-5-21(2)27(19-25)31(32,33)34/h5-14,19-20,29,37H,4,15-18H2,1-3H3,(H2,35,36,41). The third kappa shape index (κ3) is 6.66. The summed E-state index contributed by atoms with van der Waals surface area (Å²) in [6.45, 7) is 8.95. The molecule has 0 spiro atoms. The highest BCUT2D eigenvalue weighted by Crippen LogP contribution is 2.34. The van der Waals surface area contributed by atoms with Crippen LogP contribution in [-0.4, -0.2) is 55.7 Å². The third-order valence-electron chi connectivity index (χ3n) is 7.71. The number of urea groups is 1. The molecule has 1 fully saturated rings. The number of hydrogen-bond donors (Lipinski definition) is 3. The zero-order chi connectivity index (χ0) is 29.1. The quantitative estimate of drug-likeness (QED) is 0.327. The summed E-state index contributed by atoms with van der Waals surface area (Å²) in [4.78, 5) is 17.3. The minimum absolute atomic E-state index is 0.0654. The lowest BCUT2D eigenvalue weighted by Gasteiger charge is -2.35. The van der Waals surface area contributed by atoms with Crippen molar-refractivity contribution in [1.82, 2.24) is 15.3 Å². The molecule has 3 N–H and O–H groups in total. The molecule has 7 nitrogen and oxygen atoms in total. The van der Waals surface area contributed by atoms with Gasteiger partial charge in [-0.2, -0.15) is 13.2 Å². The number of amides is 2. The summed E-state index contributed by atoms with van der Waals surface area (Å²) in [6.07, 6.45) is -2.32. The first-order valence-electron chi connectivity index (χ1n) is 13.8. The van der Waals surface area contributed by atoms with Crippen LogP contribution >= 0.6 is 0 Å². The van der Waals surface area contributed by atoms with Crippen LogP contribution in [0, 0.1) is 6.92 Å². The maximum absolute atomic E-state index is 13.2. The summed E-state index contributed by atoms with van der Waals surface area (Å²) >= 11 is 0. The summed E-state index contributed by atoms with van der Waals surface area (Å²) in [6, 6.07) is 19.2. The molecule has 1 saturated heterocycles. The van der Waals surface area contributed by atoms with Gasteiger partial charge in [0.15, 0.2) is 0 Å². The van der Waals surface area contributed by atoms with Gasteiger partial charge in [0.2, 0.25) is 0 Å². The highest BCUT2D eigenvalue weighted by molar-refractivity contribution is 5.99. The fourth-order valence-electron chi connectivity index (χ4n) is 5.28. The highest BCUT2D eigenvalue weighted by atomic mass is 19.4. The van der Waals surface area contributed by atoms with E-state index in [1.54, 1.807) is 12.1 Å². The normalized spacial score (nSPS) is 18.1. The number of aryl methyl sites for hydroxylation is 1. The summed E-state index contributed by atoms with van der Waals surface area (Å²) < 4.78 is 39.6. The molecule has 2 aliphatic heterocycles. The first-order chi connectivity index (χ1) is 19.6. The van der Waals surface area contributed by atoms with Gasteiger partial charge in [0.25, 0.3) is 0 Å². The molecule has 0 aromatic heterocycles. The van der Waals surface area contributed by atoms with Crippen LogP contribution < -0.4 is 21.0 Å². The monoisotopic (exact) mass is 564 g/mol. The number of rotatable bonds is 6. The van der Waals surface area contributed by atoms with Crippen molar-refractivity contribution in [3.63, 3.8) is 0 Å². The Kier molecular flexibility index (Phi) is 8.23. The van der Waals surface area contributed by atoms with Crippen LogP contribution in [0.1, 0.15) is 35.2 Å². The van der Waals surface area contributed by atoms with E-state index in [2.05, 4.69) is 68.1 Å². The highest BCUT2D eigenvalue weighted by Gasteiger charge is 2.32. The van der Waals surface area contributed by atoms with E-state index in [-0.39, 0.29) is 17.3 Å². The topological polar surface area (TPSA) is 62.9 Å². The number of anilines is 3. The first kappa shape index (κ1) is 28.5. The Bertz CT molecular complexity index is 1400. The lowest BCUT2D eigenvalue weighted by molar-refractivity contribution is -0.138. The summed E-state index contributed by atoms with van der Waals surface area (Å²) in [5.74, 6) is 0. The Morgan fingerprint density at radius 3 is 2.20 bits per heavy atom. The van der Waals surface area contributed by atoms with Crippen LogP contribution in [0.2, 0.25) is 0 Å². The number of carbonyl (C=O) groups is 1. The molecule has 3 aromatic rings. The molecule has 10 heteroatoms. The van der Waals surface area contributed by atoms with Gasteiger partial charge in [-0.15, -0.1) is 0 Å². The molecule has 1 atom stereocenters. The number of alkyl halides is 3. The van der Waals surface area contributed by atoms with E-state index in [0.29, 0.717) is 5.69 Å². The molecular weight excluding hydrogens is 529 g/mol. The minimum atomic E-state index is -4.49. The van der Waals surface area contributed by atoms with Crippen molar-refractivity contribution < 1.29 is 18.0 Å². The Hall–Kier alpha value is -4.02. The molecular formula is C31H35F3N6O. The van der Waals surface area contributed by atoms with Gasteiger partial charge in [0.05, 0.1) is 17.3 Å². The second kappa shape index (κ2) is 11.8. The molecule has 0 aliphatic carbocycles. The SMILES string of the molecule is CCN1CCN(c2ccc(C3C=C(c4ccc(NC(=O)Nc5ccc(C)c(C(F)(F)F)c5)cc4)NN3C)cc2)CC1. The fourth-order valence-corrected chi connectivity index (χ4v) is 5.28. The number of nitrogens with one attached hydrogen (secondary N) is 3. The van der Waals surface area contributed by atoms with Gasteiger partial charge in [0, 0.05) is 50.3 Å². The first-order valence-corrected chi connectivity index (χ1v) is 13.8. The lowest BCUT2D eigenvalue weighted by atomic mass is 10.0. The van der Waals surface area contributed by atoms with Crippen LogP contribution in [0.4, 0.5) is 35.0 Å². The van der Waals surface area contributed by atoms with Gasteiger partial charge < -0.3 is 25.9 Å². The van der Waals surface area contributed by atoms with Gasteiger partial charge in [-0.3, -0.25) is 0 Å². The largest absolute Gasteiger partial charge is 0.416 e. The van der Waals surface area contributed by atoms with Crippen molar-refractivity contribution in [1.29, 1.82) is 0 Å². The van der Waals surface area contributed by atoms with Crippen molar-refractivity contribution in [3.8, 4) is 0 Å². The second-order valence-corrected chi connectivity index (χ2v) is 10.4. The van der Waals surface area contributed by atoms with E-state index in [4.69, 9.17) is 0 Å². The van der Waals surface area contributed by atoms with Gasteiger partial charge in [-0.1, -0.05) is 37.3 Å². The number of hydrogen-bond acceptors (Lipinski definition) is 5. The van der Waals surface area contributed by atoms with Gasteiger partial charge >= 0.3 is 12.2 Å². The van der Waals surface area contributed by atoms with Crippen molar-refractivity contribution in [2.75, 3.05) is 55.3 Å². The number of nitrogens with zero attached hydrogens (tertiary/aromatic N) is 3. The summed E-state index contributed by atoms with van der Waals surface area (Å²) in [5, 5.41) is 7.20. The van der Waals surface area contributed by atoms with Crippen LogP contribution in [0.15, 0.2) is 72.8 Å². The number of carbonyl (C=O) groups excluding carboxylic acids is 1. The van der Waals surface area contributed by atoms with Crippen LogP contribution in [0.3, 0.4) is 0 Å². The van der Waals surface area contributed by atoms with Crippen LogP contribution in [0.25, 0.3) is 5.70 Å². The van der Waals surface area contributed by atoms with Crippen molar-refractivity contribution in [2.45, 2.75) is 26.1 Å². The second-order valence-electron chi connectivity index (χ2n) is 10.4. The Balaban J connectivity index is 1.20. The zero-order valence-electron chi connectivity index (χ0n) is 23.4. The fraction of sp³-hybridized carbons (Fsp3) is 0.323. The van der Waals surface area contributed by atoms with E-state index in [0.717, 1.165) is 50.1 Å². The molecule has 1 unspecified atom stereocenters. The van der Waals surface area contributed by atoms with Crippen molar-refractivity contribution in [3.05, 3.63) is 95.1 Å². The predicted octanol–water partition coefficient (Wildman–Crippen LogP) is 6.33. The van der Waals surface area contributed by atoms with Gasteiger partial charge in [-0.25, -0.2) is 9.80 Å². The molecule has 2 amide bonds. The van der Waals surface area contributed by atoms with Gasteiger partial charge in [0.1, 0.15) is 0 Å². The molecule has 3 aromatic carbocycles. The Morgan fingerprint density at radius 1 is 0.927 bits per heavy atom. The molecule has 0 bridgehead atoms. The number of halogens is 3. The van der Waals surface area contributed by atoms with Crippen molar-refractivity contribution in [2.24, 2.45) is 0 Å². The maximum atomic E-state index is 13.2. The van der Waals surface area contributed by atoms with Crippen LogP contribution in [0.5, 0.6) is 0 Å². The number of benzene rings is 3. The molecule has 0 saturated carbocycles. The smallest absolute Gasteiger partial charge is 0.369 e. The summed E-state index contributed by atoms with van der Waals surface area (Å²) in [5.41, 5.74) is 7.65. The molecule has 2 aliphatic rings. The van der Waals surface area contributed by atoms with Crippen LogP contribution in [-0.2, 0) is 6.18 Å². The Morgan fingerprint density at radius 2 is 1.56 bits per heavy atom. The average molecular weight is 565 g/mol. The molecule has 41 heavy (non-hydrogen) atoms. The molecule has 5 rings (SSSR count). The molecule has 0 radical (unpaired) electrons. The van der Waals surface area contributed by atoms with E-state index < -0.39 is 17.8 Å². The number of piperazine rings is 1. The van der Waals surface area contributed by atoms with Crippen molar-refractivity contribution >= 4 is 28.8 Å². The maximum Gasteiger partial charge on any atom is 0.416 e. The average Bonchev–Trinajstić information content (AvgIpc) is 3.35. The van der Waals surface area contributed by atoms with E-state index in [1.807, 2.05) is 19.2 Å².